The number of benzene rings is 2. The first-order chi connectivity index (χ1) is 14.8. The minimum atomic E-state index is -0.747. The molecular formula is C23H26N4O4. The number of fused-ring (bicyclic) bond motifs is 1. The predicted octanol–water partition coefficient (Wildman–Crippen LogP) is 3.61. The molecule has 3 rings (SSSR count). The van der Waals surface area contributed by atoms with E-state index in [1.165, 1.54) is 7.11 Å². The molecule has 1 aromatic heterocycles. The van der Waals surface area contributed by atoms with Crippen molar-refractivity contribution >= 4 is 28.5 Å². The summed E-state index contributed by atoms with van der Waals surface area (Å²) in [7, 11) is 1.30. The summed E-state index contributed by atoms with van der Waals surface area (Å²) in [5.74, 6) is -0.568. The number of carbonyl (C=O) groups is 2. The van der Waals surface area contributed by atoms with Crippen molar-refractivity contribution in [1.29, 1.82) is 0 Å². The van der Waals surface area contributed by atoms with Crippen LogP contribution in [-0.2, 0) is 9.53 Å². The molecule has 2 amide bonds. The number of nitrogens with one attached hydrogen (secondary N) is 3. The third-order valence-corrected chi connectivity index (χ3v) is 5.41. The summed E-state index contributed by atoms with van der Waals surface area (Å²) in [6, 6.07) is 11.5. The Hall–Kier alpha value is -3.68. The second-order valence-corrected chi connectivity index (χ2v) is 7.46. The zero-order chi connectivity index (χ0) is 22.5. The van der Waals surface area contributed by atoms with Crippen LogP contribution in [0.4, 0.5) is 10.5 Å². The molecule has 1 heterocycles. The van der Waals surface area contributed by atoms with Crippen LogP contribution < -0.4 is 16.2 Å². The fourth-order valence-corrected chi connectivity index (χ4v) is 3.33. The summed E-state index contributed by atoms with van der Waals surface area (Å²) in [6.07, 6.45) is 0.708. The zero-order valence-electron chi connectivity index (χ0n) is 18.0. The smallest absolute Gasteiger partial charge is 0.328 e. The van der Waals surface area contributed by atoms with E-state index in [4.69, 9.17) is 4.74 Å². The van der Waals surface area contributed by atoms with E-state index in [1.54, 1.807) is 18.2 Å². The van der Waals surface area contributed by atoms with Gasteiger partial charge >= 0.3 is 12.0 Å². The predicted molar refractivity (Wildman–Crippen MR) is 120 cm³/mol. The van der Waals surface area contributed by atoms with Crippen LogP contribution in [0.15, 0.2) is 47.3 Å². The standard InChI is InChI=1S/C23H26N4O4/c1-5-13(2)19(22(29)31-4)25-23(30)24-18-12-15(11-10-14(18)3)20-16-8-6-7-9-17(16)21(28)27-26-20/h6-13,19H,5H2,1-4H3,(H,27,28)(H2,24,25,30)/t13-,19-/m0/s1. The molecule has 162 valence electrons. The van der Waals surface area contributed by atoms with Gasteiger partial charge in [-0.2, -0.15) is 5.10 Å². The molecule has 0 unspecified atom stereocenters. The van der Waals surface area contributed by atoms with E-state index in [0.717, 1.165) is 11.1 Å². The van der Waals surface area contributed by atoms with Crippen molar-refractivity contribution in [2.75, 3.05) is 12.4 Å². The van der Waals surface area contributed by atoms with Crippen LogP contribution in [0.2, 0.25) is 0 Å². The average molecular weight is 422 g/mol. The molecule has 0 saturated carbocycles. The van der Waals surface area contributed by atoms with Gasteiger partial charge in [-0.15, -0.1) is 0 Å². The van der Waals surface area contributed by atoms with E-state index < -0.39 is 18.0 Å². The average Bonchev–Trinajstić information content (AvgIpc) is 2.78. The number of aryl methyl sites for hydroxylation is 1. The lowest BCUT2D eigenvalue weighted by Crippen LogP contribution is -2.47. The normalized spacial score (nSPS) is 12.8. The maximum absolute atomic E-state index is 12.6. The number of hydrogen-bond acceptors (Lipinski definition) is 5. The molecule has 8 heteroatoms. The van der Waals surface area contributed by atoms with E-state index in [9.17, 15) is 14.4 Å². The first kappa shape index (κ1) is 22.0. The highest BCUT2D eigenvalue weighted by Gasteiger charge is 2.26. The molecule has 0 aliphatic rings. The van der Waals surface area contributed by atoms with Gasteiger partial charge in [-0.25, -0.2) is 14.7 Å². The molecule has 0 aliphatic heterocycles. The second kappa shape index (κ2) is 9.42. The van der Waals surface area contributed by atoms with E-state index in [0.29, 0.717) is 28.6 Å². The maximum atomic E-state index is 12.6. The molecule has 3 N–H and O–H groups in total. The minimum Gasteiger partial charge on any atom is -0.467 e. The monoisotopic (exact) mass is 422 g/mol. The lowest BCUT2D eigenvalue weighted by Gasteiger charge is -2.22. The highest BCUT2D eigenvalue weighted by Crippen LogP contribution is 2.28. The summed E-state index contributed by atoms with van der Waals surface area (Å²) in [5.41, 5.74) is 2.49. The molecule has 0 aliphatic carbocycles. The molecule has 0 bridgehead atoms. The molecule has 0 saturated heterocycles. The van der Waals surface area contributed by atoms with Crippen molar-refractivity contribution in [2.45, 2.75) is 33.2 Å². The summed E-state index contributed by atoms with van der Waals surface area (Å²) in [4.78, 5) is 36.8. The molecular weight excluding hydrogens is 396 g/mol. The first-order valence-electron chi connectivity index (χ1n) is 10.1. The highest BCUT2D eigenvalue weighted by atomic mass is 16.5. The third kappa shape index (κ3) is 4.74. The van der Waals surface area contributed by atoms with Gasteiger partial charge in [-0.1, -0.05) is 50.6 Å². The van der Waals surface area contributed by atoms with E-state index in [1.807, 2.05) is 45.0 Å². The number of methoxy groups -OCH3 is 1. The molecule has 8 nitrogen and oxygen atoms in total. The molecule has 2 atom stereocenters. The van der Waals surface area contributed by atoms with Gasteiger partial charge < -0.3 is 15.4 Å². The van der Waals surface area contributed by atoms with Crippen LogP contribution in [0.25, 0.3) is 22.0 Å². The number of aromatic amines is 1. The molecule has 0 radical (unpaired) electrons. The number of rotatable bonds is 6. The van der Waals surface area contributed by atoms with Gasteiger partial charge in [0.05, 0.1) is 18.2 Å². The van der Waals surface area contributed by atoms with Gasteiger partial charge in [-0.3, -0.25) is 4.79 Å². The Bertz CT molecular complexity index is 1170. The Morgan fingerprint density at radius 1 is 1.16 bits per heavy atom. The van der Waals surface area contributed by atoms with Gasteiger partial charge in [0.25, 0.3) is 5.56 Å². The van der Waals surface area contributed by atoms with Gasteiger partial charge in [-0.05, 0) is 30.5 Å². The molecule has 31 heavy (non-hydrogen) atoms. The topological polar surface area (TPSA) is 113 Å². The summed E-state index contributed by atoms with van der Waals surface area (Å²) in [5, 5.41) is 13.5. The van der Waals surface area contributed by atoms with Crippen molar-refractivity contribution in [3.05, 3.63) is 58.4 Å². The summed E-state index contributed by atoms with van der Waals surface area (Å²) < 4.78 is 4.82. The number of carbonyl (C=O) groups excluding carboxylic acids is 2. The number of H-pyrrole nitrogens is 1. The first-order valence-corrected chi connectivity index (χ1v) is 10.1. The van der Waals surface area contributed by atoms with Crippen molar-refractivity contribution < 1.29 is 14.3 Å². The SMILES string of the molecule is CC[C@H](C)[C@H](NC(=O)Nc1cc(-c2n[nH]c(=O)c3ccccc23)ccc1C)C(=O)OC. The summed E-state index contributed by atoms with van der Waals surface area (Å²) in [6.45, 7) is 5.68. The van der Waals surface area contributed by atoms with E-state index in [2.05, 4.69) is 20.8 Å². The van der Waals surface area contributed by atoms with Gasteiger partial charge in [0, 0.05) is 16.6 Å². The van der Waals surface area contributed by atoms with Crippen LogP contribution in [0.3, 0.4) is 0 Å². The fourth-order valence-electron chi connectivity index (χ4n) is 3.33. The van der Waals surface area contributed by atoms with Gasteiger partial charge in [0.2, 0.25) is 0 Å². The molecule has 3 aromatic rings. The lowest BCUT2D eigenvalue weighted by molar-refractivity contribution is -0.144. The van der Waals surface area contributed by atoms with Gasteiger partial charge in [0.1, 0.15) is 6.04 Å². The van der Waals surface area contributed by atoms with E-state index >= 15 is 0 Å². The van der Waals surface area contributed by atoms with Crippen molar-refractivity contribution in [1.82, 2.24) is 15.5 Å². The number of urea groups is 1. The number of amides is 2. The minimum absolute atomic E-state index is 0.0812. The van der Waals surface area contributed by atoms with Crippen LogP contribution in [0.5, 0.6) is 0 Å². The molecule has 0 fully saturated rings. The quantitative estimate of drug-likeness (QED) is 0.525. The fraction of sp³-hybridized carbons (Fsp3) is 0.304. The van der Waals surface area contributed by atoms with E-state index in [-0.39, 0.29) is 11.5 Å². The number of nitrogens with zero attached hydrogens (tertiary/aromatic N) is 1. The number of esters is 1. The third-order valence-electron chi connectivity index (χ3n) is 5.41. The molecule has 0 spiro atoms. The van der Waals surface area contributed by atoms with Crippen LogP contribution in [0.1, 0.15) is 25.8 Å². The van der Waals surface area contributed by atoms with Crippen molar-refractivity contribution in [2.24, 2.45) is 5.92 Å². The lowest BCUT2D eigenvalue weighted by atomic mass is 9.99. The van der Waals surface area contributed by atoms with Crippen molar-refractivity contribution in [3.8, 4) is 11.3 Å². The van der Waals surface area contributed by atoms with Gasteiger partial charge in [0.15, 0.2) is 0 Å². The van der Waals surface area contributed by atoms with Crippen LogP contribution >= 0.6 is 0 Å². The Morgan fingerprint density at radius 3 is 2.55 bits per heavy atom. The largest absolute Gasteiger partial charge is 0.467 e. The Kier molecular flexibility index (Phi) is 6.69. The second-order valence-electron chi connectivity index (χ2n) is 7.46. The summed E-state index contributed by atoms with van der Waals surface area (Å²) >= 11 is 0. The van der Waals surface area contributed by atoms with Crippen molar-refractivity contribution in [3.63, 3.8) is 0 Å². The Morgan fingerprint density at radius 2 is 1.87 bits per heavy atom. The maximum Gasteiger partial charge on any atom is 0.328 e. The number of aromatic nitrogens is 2. The number of ether oxygens (including phenoxy) is 1. The Balaban J connectivity index is 1.90. The Labute approximate surface area is 180 Å². The number of hydrogen-bond donors (Lipinski definition) is 3. The number of anilines is 1. The van der Waals surface area contributed by atoms with Crippen LogP contribution in [-0.4, -0.2) is 35.3 Å². The molecule has 2 aromatic carbocycles. The highest BCUT2D eigenvalue weighted by molar-refractivity contribution is 5.96. The zero-order valence-corrected chi connectivity index (χ0v) is 18.0. The van der Waals surface area contributed by atoms with Crippen LogP contribution in [0, 0.1) is 12.8 Å².